The molecule has 0 saturated carbocycles. The van der Waals surface area contributed by atoms with Gasteiger partial charge in [-0.05, 0) is 49.7 Å². The molecule has 0 spiro atoms. The van der Waals surface area contributed by atoms with E-state index in [1.165, 1.54) is 11.8 Å². The molecule has 0 aliphatic heterocycles. The number of anilines is 2. The highest BCUT2D eigenvalue weighted by Gasteiger charge is 2.15. The summed E-state index contributed by atoms with van der Waals surface area (Å²) in [4.78, 5) is 35.5. The fraction of sp³-hybridized carbons (Fsp3) is 0.250. The zero-order valence-electron chi connectivity index (χ0n) is 15.5. The topological polar surface area (TPSA) is 95.5 Å². The maximum absolute atomic E-state index is 12.4. The Hall–Kier alpha value is -2.51. The lowest BCUT2D eigenvalue weighted by Gasteiger charge is -2.13. The van der Waals surface area contributed by atoms with Crippen LogP contribution in [0, 0.1) is 6.92 Å². The number of thioether (sulfide) groups is 1. The molecule has 148 valence electrons. The molecule has 6 nitrogen and oxygen atoms in total. The van der Waals surface area contributed by atoms with Gasteiger partial charge in [-0.3, -0.25) is 14.4 Å². The Morgan fingerprint density at radius 3 is 2.46 bits per heavy atom. The van der Waals surface area contributed by atoms with Gasteiger partial charge in [0.2, 0.25) is 11.8 Å². The largest absolute Gasteiger partial charge is 0.481 e. The van der Waals surface area contributed by atoms with Crippen molar-refractivity contribution in [3.8, 4) is 0 Å². The molecule has 0 aromatic heterocycles. The van der Waals surface area contributed by atoms with Crippen LogP contribution in [0.15, 0.2) is 47.4 Å². The predicted octanol–water partition coefficient (Wildman–Crippen LogP) is 4.57. The molecule has 0 radical (unpaired) electrons. The van der Waals surface area contributed by atoms with E-state index in [2.05, 4.69) is 10.6 Å². The van der Waals surface area contributed by atoms with Crippen LogP contribution >= 0.6 is 23.4 Å². The highest BCUT2D eigenvalue weighted by atomic mass is 35.5. The van der Waals surface area contributed by atoms with Crippen LogP contribution in [0.1, 0.15) is 25.3 Å². The SMILES string of the molecule is Cc1ccc(NC(=O)C(C)Sc2cccc(NC(=O)CCC(=O)O)c2)cc1Cl. The molecular formula is C20H21ClN2O4S. The first-order valence-corrected chi connectivity index (χ1v) is 9.85. The number of hydrogen-bond acceptors (Lipinski definition) is 4. The van der Waals surface area contributed by atoms with Crippen LogP contribution in [-0.2, 0) is 14.4 Å². The second-order valence-electron chi connectivity index (χ2n) is 6.18. The normalized spacial score (nSPS) is 11.5. The standard InChI is InChI=1S/C20H21ClN2O4S/c1-12-6-7-15(11-17(12)21)23-20(27)13(2)28-16-5-3-4-14(10-16)22-18(24)8-9-19(25)26/h3-7,10-11,13H,8-9H2,1-2H3,(H,22,24)(H,23,27)(H,25,26). The fourth-order valence-electron chi connectivity index (χ4n) is 2.26. The van der Waals surface area contributed by atoms with Crippen LogP contribution in [0.4, 0.5) is 11.4 Å². The van der Waals surface area contributed by atoms with Gasteiger partial charge in [0, 0.05) is 27.7 Å². The molecule has 0 bridgehead atoms. The van der Waals surface area contributed by atoms with E-state index in [1.54, 1.807) is 37.3 Å². The van der Waals surface area contributed by atoms with Gasteiger partial charge in [0.15, 0.2) is 0 Å². The number of amides is 2. The summed E-state index contributed by atoms with van der Waals surface area (Å²) in [7, 11) is 0. The van der Waals surface area contributed by atoms with Gasteiger partial charge in [0.25, 0.3) is 0 Å². The highest BCUT2D eigenvalue weighted by Crippen LogP contribution is 2.27. The number of hydrogen-bond donors (Lipinski definition) is 3. The lowest BCUT2D eigenvalue weighted by atomic mass is 10.2. The number of nitrogens with one attached hydrogen (secondary N) is 2. The maximum Gasteiger partial charge on any atom is 0.303 e. The number of benzene rings is 2. The smallest absolute Gasteiger partial charge is 0.303 e. The zero-order valence-corrected chi connectivity index (χ0v) is 17.1. The Bertz CT molecular complexity index is 888. The van der Waals surface area contributed by atoms with E-state index in [0.29, 0.717) is 16.4 Å². The van der Waals surface area contributed by atoms with E-state index >= 15 is 0 Å². The van der Waals surface area contributed by atoms with Crippen molar-refractivity contribution in [3.05, 3.63) is 53.1 Å². The molecule has 2 rings (SSSR count). The fourth-order valence-corrected chi connectivity index (χ4v) is 3.37. The van der Waals surface area contributed by atoms with Crippen molar-refractivity contribution in [2.24, 2.45) is 0 Å². The first-order chi connectivity index (χ1) is 13.2. The minimum Gasteiger partial charge on any atom is -0.481 e. The van der Waals surface area contributed by atoms with Crippen LogP contribution in [0.25, 0.3) is 0 Å². The first-order valence-electron chi connectivity index (χ1n) is 8.60. The molecule has 1 atom stereocenters. The summed E-state index contributed by atoms with van der Waals surface area (Å²) in [6, 6.07) is 12.4. The maximum atomic E-state index is 12.4. The van der Waals surface area contributed by atoms with Crippen molar-refractivity contribution >= 4 is 52.5 Å². The third kappa shape index (κ3) is 6.90. The summed E-state index contributed by atoms with van der Waals surface area (Å²) >= 11 is 7.43. The summed E-state index contributed by atoms with van der Waals surface area (Å²) < 4.78 is 0. The Morgan fingerprint density at radius 2 is 1.79 bits per heavy atom. The molecule has 0 fully saturated rings. The molecule has 0 heterocycles. The van der Waals surface area contributed by atoms with E-state index < -0.39 is 5.97 Å². The number of carboxylic acid groups (broad SMARTS) is 1. The summed E-state index contributed by atoms with van der Waals surface area (Å²) in [5.74, 6) is -1.55. The Balaban J connectivity index is 1.94. The van der Waals surface area contributed by atoms with Gasteiger partial charge in [-0.15, -0.1) is 11.8 Å². The van der Waals surface area contributed by atoms with Gasteiger partial charge >= 0.3 is 5.97 Å². The third-order valence-electron chi connectivity index (χ3n) is 3.81. The number of carbonyl (C=O) groups is 3. The van der Waals surface area contributed by atoms with Gasteiger partial charge in [0.05, 0.1) is 11.7 Å². The molecule has 28 heavy (non-hydrogen) atoms. The molecule has 0 saturated heterocycles. The second-order valence-corrected chi connectivity index (χ2v) is 8.00. The molecule has 3 N–H and O–H groups in total. The van der Waals surface area contributed by atoms with E-state index in [4.69, 9.17) is 16.7 Å². The summed E-state index contributed by atoms with van der Waals surface area (Å²) in [6.45, 7) is 3.67. The molecule has 2 aromatic carbocycles. The third-order valence-corrected chi connectivity index (χ3v) is 5.31. The van der Waals surface area contributed by atoms with Crippen molar-refractivity contribution in [3.63, 3.8) is 0 Å². The number of halogens is 1. The Morgan fingerprint density at radius 1 is 1.07 bits per heavy atom. The number of rotatable bonds is 8. The summed E-state index contributed by atoms with van der Waals surface area (Å²) in [6.07, 6.45) is -0.314. The molecule has 8 heteroatoms. The van der Waals surface area contributed by atoms with Crippen molar-refractivity contribution in [1.29, 1.82) is 0 Å². The Labute approximate surface area is 172 Å². The molecule has 1 unspecified atom stereocenters. The first kappa shape index (κ1) is 21.8. The average Bonchev–Trinajstić information content (AvgIpc) is 2.63. The molecule has 0 aliphatic carbocycles. The molecule has 0 aliphatic rings. The van der Waals surface area contributed by atoms with Gasteiger partial charge < -0.3 is 15.7 Å². The van der Waals surface area contributed by atoms with Crippen LogP contribution in [0.2, 0.25) is 5.02 Å². The van der Waals surface area contributed by atoms with E-state index in [-0.39, 0.29) is 29.9 Å². The number of carboxylic acids is 1. The van der Waals surface area contributed by atoms with E-state index in [0.717, 1.165) is 10.5 Å². The minimum atomic E-state index is -1.02. The zero-order chi connectivity index (χ0) is 20.7. The van der Waals surface area contributed by atoms with Gasteiger partial charge in [-0.1, -0.05) is 23.7 Å². The van der Waals surface area contributed by atoms with Crippen LogP contribution in [0.3, 0.4) is 0 Å². The molecule has 2 aromatic rings. The summed E-state index contributed by atoms with van der Waals surface area (Å²) in [5, 5.41) is 14.3. The lowest BCUT2D eigenvalue weighted by Crippen LogP contribution is -2.22. The monoisotopic (exact) mass is 420 g/mol. The van der Waals surface area contributed by atoms with Crippen LogP contribution < -0.4 is 10.6 Å². The van der Waals surface area contributed by atoms with Gasteiger partial charge in [-0.2, -0.15) is 0 Å². The van der Waals surface area contributed by atoms with Crippen molar-refractivity contribution < 1.29 is 19.5 Å². The van der Waals surface area contributed by atoms with Gasteiger partial charge in [-0.25, -0.2) is 0 Å². The number of aryl methyl sites for hydroxylation is 1. The van der Waals surface area contributed by atoms with E-state index in [1.807, 2.05) is 19.1 Å². The molecular weight excluding hydrogens is 400 g/mol. The van der Waals surface area contributed by atoms with Crippen molar-refractivity contribution in [1.82, 2.24) is 0 Å². The number of carbonyl (C=O) groups excluding carboxylic acids is 2. The average molecular weight is 421 g/mol. The predicted molar refractivity (Wildman–Crippen MR) is 112 cm³/mol. The van der Waals surface area contributed by atoms with E-state index in [9.17, 15) is 14.4 Å². The molecule has 2 amide bonds. The lowest BCUT2D eigenvalue weighted by molar-refractivity contribution is -0.138. The van der Waals surface area contributed by atoms with Crippen molar-refractivity contribution in [2.75, 3.05) is 10.6 Å². The summed E-state index contributed by atoms with van der Waals surface area (Å²) in [5.41, 5.74) is 2.12. The van der Waals surface area contributed by atoms with Crippen LogP contribution in [-0.4, -0.2) is 28.1 Å². The quantitative estimate of drug-likeness (QED) is 0.543. The van der Waals surface area contributed by atoms with Crippen LogP contribution in [0.5, 0.6) is 0 Å². The minimum absolute atomic E-state index is 0.0926. The second kappa shape index (κ2) is 10.1. The number of aliphatic carboxylic acids is 1. The highest BCUT2D eigenvalue weighted by molar-refractivity contribution is 8.00. The van der Waals surface area contributed by atoms with Crippen molar-refractivity contribution in [2.45, 2.75) is 36.8 Å². The van der Waals surface area contributed by atoms with Gasteiger partial charge in [0.1, 0.15) is 0 Å². The Kier molecular flexibility index (Phi) is 7.90.